The number of likely N-dealkylation sites (tertiary alicyclic amines) is 1. The molecule has 1 saturated heterocycles. The van der Waals surface area contributed by atoms with Gasteiger partial charge in [0.2, 0.25) is 0 Å². The quantitative estimate of drug-likeness (QED) is 0.293. The van der Waals surface area contributed by atoms with Crippen molar-refractivity contribution in [2.75, 3.05) is 13.1 Å². The first-order valence-corrected chi connectivity index (χ1v) is 12.6. The van der Waals surface area contributed by atoms with Crippen molar-refractivity contribution in [1.29, 1.82) is 0 Å². The summed E-state index contributed by atoms with van der Waals surface area (Å²) in [6.45, 7) is 2.13. The molecule has 0 spiro atoms. The molecule has 4 nitrogen and oxygen atoms in total. The van der Waals surface area contributed by atoms with Gasteiger partial charge in [-0.3, -0.25) is 19.7 Å². The van der Waals surface area contributed by atoms with Gasteiger partial charge in [0.25, 0.3) is 0 Å². The molecule has 0 N–H and O–H groups in total. The van der Waals surface area contributed by atoms with Gasteiger partial charge in [-0.25, -0.2) is 0 Å². The van der Waals surface area contributed by atoms with Gasteiger partial charge in [0.1, 0.15) is 0 Å². The van der Waals surface area contributed by atoms with Crippen molar-refractivity contribution < 1.29 is 4.79 Å². The highest BCUT2D eigenvalue weighted by atomic mass is 79.9. The summed E-state index contributed by atoms with van der Waals surface area (Å²) >= 11 is 3.41. The summed E-state index contributed by atoms with van der Waals surface area (Å²) in [4.78, 5) is 23.6. The van der Waals surface area contributed by atoms with Gasteiger partial charge in [0, 0.05) is 64.1 Å². The van der Waals surface area contributed by atoms with Crippen molar-refractivity contribution in [3.63, 3.8) is 0 Å². The number of benzene rings is 2. The molecule has 5 heteroatoms. The molecular weight excluding hydrogens is 474 g/mol. The number of rotatable bonds is 3. The highest BCUT2D eigenvalue weighted by Crippen LogP contribution is 2.30. The Morgan fingerprint density at radius 2 is 1.52 bits per heavy atom. The maximum absolute atomic E-state index is 12.9. The van der Waals surface area contributed by atoms with Gasteiger partial charge in [-0.2, -0.15) is 0 Å². The van der Waals surface area contributed by atoms with Gasteiger partial charge in [-0.1, -0.05) is 40.5 Å². The zero-order valence-corrected chi connectivity index (χ0v) is 20.2. The minimum Gasteiger partial charge on any atom is -0.300 e. The van der Waals surface area contributed by atoms with Gasteiger partial charge < -0.3 is 0 Å². The Bertz CT molecular complexity index is 1270. The van der Waals surface area contributed by atoms with E-state index >= 15 is 0 Å². The van der Waals surface area contributed by atoms with Gasteiger partial charge in [0.15, 0.2) is 5.78 Å². The zero-order valence-electron chi connectivity index (χ0n) is 18.7. The lowest BCUT2D eigenvalue weighted by Gasteiger charge is -2.42. The second-order valence-corrected chi connectivity index (χ2v) is 10.0. The van der Waals surface area contributed by atoms with Crippen LogP contribution in [0.3, 0.4) is 0 Å². The molecule has 33 heavy (non-hydrogen) atoms. The molecule has 2 aromatic carbocycles. The normalized spacial score (nSPS) is 19.0. The summed E-state index contributed by atoms with van der Waals surface area (Å²) in [6, 6.07) is 16.9. The second-order valence-electron chi connectivity index (χ2n) is 9.09. The second kappa shape index (κ2) is 10.1. The van der Waals surface area contributed by atoms with Crippen LogP contribution in [0.4, 0.5) is 0 Å². The number of halogens is 1. The Balaban J connectivity index is 0.000000174. The fourth-order valence-electron chi connectivity index (χ4n) is 4.83. The van der Waals surface area contributed by atoms with Crippen LogP contribution in [0.2, 0.25) is 0 Å². The molecule has 4 aromatic rings. The van der Waals surface area contributed by atoms with E-state index < -0.39 is 0 Å². The minimum absolute atomic E-state index is 0.175. The van der Waals surface area contributed by atoms with Crippen LogP contribution in [0, 0.1) is 5.92 Å². The summed E-state index contributed by atoms with van der Waals surface area (Å²) in [5, 5.41) is 4.59. The third-order valence-electron chi connectivity index (χ3n) is 6.94. The largest absolute Gasteiger partial charge is 0.300 e. The van der Waals surface area contributed by atoms with Gasteiger partial charge in [-0.05, 0) is 73.3 Å². The van der Waals surface area contributed by atoms with Crippen LogP contribution in [0.15, 0.2) is 77.8 Å². The van der Waals surface area contributed by atoms with Crippen LogP contribution in [0.1, 0.15) is 42.5 Å². The molecule has 1 aliphatic heterocycles. The lowest BCUT2D eigenvalue weighted by atomic mass is 9.85. The van der Waals surface area contributed by atoms with E-state index in [1.165, 1.54) is 36.6 Å². The Kier molecular flexibility index (Phi) is 6.79. The highest BCUT2D eigenvalue weighted by Gasteiger charge is 2.32. The number of carbonyl (C=O) groups is 1. The monoisotopic (exact) mass is 501 g/mol. The summed E-state index contributed by atoms with van der Waals surface area (Å²) in [7, 11) is 0. The first-order chi connectivity index (χ1) is 16.2. The SMILES string of the molecule is Brc1ccc2cnccc2c1.O=C(c1ccc2cnccc2c1)C1CCCN(C2CCC2)C1. The summed E-state index contributed by atoms with van der Waals surface area (Å²) in [5.41, 5.74) is 0.860. The van der Waals surface area contributed by atoms with Crippen molar-refractivity contribution in [2.24, 2.45) is 5.92 Å². The topological polar surface area (TPSA) is 46.1 Å². The number of hydrogen-bond donors (Lipinski definition) is 0. The standard InChI is InChI=1S/C19H22N2O.C9H6BrN/c22-19(15-6-7-16-12-20-9-8-14(16)11-15)17-3-2-10-21(13-17)18-4-1-5-18;10-9-2-1-8-6-11-4-3-7(8)5-9/h6-9,11-12,17-18H,1-5,10,13H2;1-6H. The van der Waals surface area contributed by atoms with Crippen LogP contribution in [-0.2, 0) is 0 Å². The van der Waals surface area contributed by atoms with Gasteiger partial charge in [0.05, 0.1) is 0 Å². The fourth-order valence-corrected chi connectivity index (χ4v) is 5.21. The van der Waals surface area contributed by atoms with Crippen molar-refractivity contribution in [1.82, 2.24) is 14.9 Å². The van der Waals surface area contributed by atoms with E-state index in [0.717, 1.165) is 46.2 Å². The lowest BCUT2D eigenvalue weighted by molar-refractivity contribution is 0.0612. The zero-order chi connectivity index (χ0) is 22.6. The molecule has 0 radical (unpaired) electrons. The van der Waals surface area contributed by atoms with E-state index in [2.05, 4.69) is 36.9 Å². The van der Waals surface area contributed by atoms with Crippen molar-refractivity contribution in [2.45, 2.75) is 38.1 Å². The van der Waals surface area contributed by atoms with Crippen LogP contribution in [0.5, 0.6) is 0 Å². The predicted molar refractivity (Wildman–Crippen MR) is 137 cm³/mol. The number of carbonyl (C=O) groups excluding carboxylic acids is 1. The fraction of sp³-hybridized carbons (Fsp3) is 0.321. The molecule has 1 saturated carbocycles. The number of piperidine rings is 1. The molecule has 168 valence electrons. The van der Waals surface area contributed by atoms with Crippen molar-refractivity contribution in [3.8, 4) is 0 Å². The number of ketones is 1. The molecule has 3 heterocycles. The molecule has 0 amide bonds. The summed E-state index contributed by atoms with van der Waals surface area (Å²) < 4.78 is 1.11. The number of aromatic nitrogens is 2. The molecule has 0 bridgehead atoms. The Labute approximate surface area is 203 Å². The molecule has 1 atom stereocenters. The Morgan fingerprint density at radius 1 is 0.818 bits per heavy atom. The minimum atomic E-state index is 0.175. The van der Waals surface area contributed by atoms with Crippen molar-refractivity contribution in [3.05, 3.63) is 83.4 Å². The number of fused-ring (bicyclic) bond motifs is 2. The molecule has 2 aromatic heterocycles. The Morgan fingerprint density at radius 3 is 2.21 bits per heavy atom. The molecular formula is C28H28BrN3O. The van der Waals surface area contributed by atoms with Gasteiger partial charge >= 0.3 is 0 Å². The van der Waals surface area contributed by atoms with Crippen LogP contribution < -0.4 is 0 Å². The lowest BCUT2D eigenvalue weighted by Crippen LogP contribution is -2.47. The average molecular weight is 502 g/mol. The maximum atomic E-state index is 12.9. The van der Waals surface area contributed by atoms with Crippen LogP contribution in [0.25, 0.3) is 21.5 Å². The van der Waals surface area contributed by atoms with Gasteiger partial charge in [-0.15, -0.1) is 0 Å². The van der Waals surface area contributed by atoms with Crippen molar-refractivity contribution >= 4 is 43.3 Å². The van der Waals surface area contributed by atoms with E-state index in [1.54, 1.807) is 12.4 Å². The highest BCUT2D eigenvalue weighted by molar-refractivity contribution is 9.10. The van der Waals surface area contributed by atoms with E-state index in [4.69, 9.17) is 0 Å². The molecule has 1 unspecified atom stereocenters. The summed E-state index contributed by atoms with van der Waals surface area (Å²) in [5.74, 6) is 0.497. The third-order valence-corrected chi connectivity index (χ3v) is 7.44. The number of hydrogen-bond acceptors (Lipinski definition) is 4. The van der Waals surface area contributed by atoms with Crippen LogP contribution in [-0.4, -0.2) is 39.8 Å². The third kappa shape index (κ3) is 5.15. The average Bonchev–Trinajstić information content (AvgIpc) is 2.83. The predicted octanol–water partition coefficient (Wildman–Crippen LogP) is 6.68. The molecule has 2 fully saturated rings. The Hall–Kier alpha value is -2.63. The van der Waals surface area contributed by atoms with E-state index in [0.29, 0.717) is 5.78 Å². The maximum Gasteiger partial charge on any atom is 0.167 e. The van der Waals surface area contributed by atoms with E-state index in [1.807, 2.05) is 54.9 Å². The smallest absolute Gasteiger partial charge is 0.167 e. The van der Waals surface area contributed by atoms with E-state index in [9.17, 15) is 4.79 Å². The number of nitrogens with zero attached hydrogens (tertiary/aromatic N) is 3. The number of Topliss-reactive ketones (excluding diaryl/α,β-unsaturated/α-hetero) is 1. The molecule has 1 aliphatic carbocycles. The first kappa shape index (κ1) is 22.2. The number of pyridine rings is 2. The summed E-state index contributed by atoms with van der Waals surface area (Å²) in [6.07, 6.45) is 13.5. The molecule has 6 rings (SSSR count). The first-order valence-electron chi connectivity index (χ1n) is 11.8. The van der Waals surface area contributed by atoms with Crippen LogP contribution >= 0.6 is 15.9 Å². The van der Waals surface area contributed by atoms with E-state index in [-0.39, 0.29) is 5.92 Å². The molecule has 2 aliphatic rings.